The van der Waals surface area contributed by atoms with Gasteiger partial charge in [0.05, 0.1) is 16.8 Å². The molecule has 0 spiro atoms. The molecule has 50 heavy (non-hydrogen) atoms. The van der Waals surface area contributed by atoms with Crippen LogP contribution in [0.4, 0.5) is 17.1 Å². The van der Waals surface area contributed by atoms with Crippen molar-refractivity contribution in [3.05, 3.63) is 164 Å². The lowest BCUT2D eigenvalue weighted by Gasteiger charge is -2.27. The van der Waals surface area contributed by atoms with Gasteiger partial charge >= 0.3 is 0 Å². The van der Waals surface area contributed by atoms with Crippen LogP contribution in [0, 0.1) is 0 Å². The Morgan fingerprint density at radius 1 is 0.400 bits per heavy atom. The minimum Gasteiger partial charge on any atom is -0.455 e. The highest BCUT2D eigenvalue weighted by Crippen LogP contribution is 2.51. The van der Waals surface area contributed by atoms with Gasteiger partial charge in [-0.3, -0.25) is 0 Å². The Balaban J connectivity index is 1.24. The molecule has 0 N–H and O–H groups in total. The zero-order chi connectivity index (χ0) is 32.8. The van der Waals surface area contributed by atoms with Crippen molar-refractivity contribution in [2.45, 2.75) is 0 Å². The summed E-state index contributed by atoms with van der Waals surface area (Å²) in [6.07, 6.45) is 0. The van der Waals surface area contributed by atoms with Crippen molar-refractivity contribution in [1.29, 1.82) is 0 Å². The van der Waals surface area contributed by atoms with Gasteiger partial charge in [0.2, 0.25) is 0 Å². The molecular weight excluding hydrogens is 647 g/mol. The van der Waals surface area contributed by atoms with Gasteiger partial charge in [-0.25, -0.2) is 0 Å². The highest BCUT2D eigenvalue weighted by molar-refractivity contribution is 7.29. The summed E-state index contributed by atoms with van der Waals surface area (Å²) in [5.74, 6) is 0. The van der Waals surface area contributed by atoms with Crippen LogP contribution >= 0.6 is 22.7 Å². The molecule has 0 aliphatic heterocycles. The van der Waals surface area contributed by atoms with E-state index in [-0.39, 0.29) is 0 Å². The van der Waals surface area contributed by atoms with Crippen molar-refractivity contribution in [3.8, 4) is 11.1 Å². The molecule has 0 atom stereocenters. The maximum atomic E-state index is 6.72. The molecule has 234 valence electrons. The van der Waals surface area contributed by atoms with Crippen LogP contribution in [0.5, 0.6) is 0 Å². The minimum atomic E-state index is 0.883. The smallest absolute Gasteiger partial charge is 0.143 e. The molecule has 11 rings (SSSR count). The zero-order valence-corrected chi connectivity index (χ0v) is 28.4. The van der Waals surface area contributed by atoms with E-state index in [9.17, 15) is 0 Å². The van der Waals surface area contributed by atoms with Gasteiger partial charge in [0, 0.05) is 56.8 Å². The number of hydrogen-bond donors (Lipinski definition) is 0. The number of rotatable bonds is 4. The lowest BCUT2D eigenvalue weighted by Crippen LogP contribution is -2.10. The van der Waals surface area contributed by atoms with Crippen LogP contribution in [-0.4, -0.2) is 0 Å². The second kappa shape index (κ2) is 10.8. The molecule has 0 bridgehead atoms. The first-order chi connectivity index (χ1) is 24.8. The summed E-state index contributed by atoms with van der Waals surface area (Å²) >= 11 is 3.78. The first-order valence-corrected chi connectivity index (χ1v) is 18.5. The molecule has 0 aliphatic carbocycles. The standard InChI is InChI=1S/C46H27NOS2/c1-2-10-28(11-3-1)29-20-23-31(24-21-29)47(36-15-8-17-38-42(36)35-25-22-30-12-4-5-13-32(30)45(35)48-38)37-16-9-19-40-43(37)44-41(49-40)27-26-34-33-14-6-7-18-39(33)50-46(34)44/h1-27H. The van der Waals surface area contributed by atoms with Crippen molar-refractivity contribution in [3.63, 3.8) is 0 Å². The molecule has 0 saturated heterocycles. The number of hydrogen-bond acceptors (Lipinski definition) is 4. The average molecular weight is 674 g/mol. The Bertz CT molecular complexity index is 3090. The molecule has 0 amide bonds. The molecule has 0 aliphatic rings. The van der Waals surface area contributed by atoms with Crippen LogP contribution in [-0.2, 0) is 0 Å². The highest BCUT2D eigenvalue weighted by Gasteiger charge is 2.24. The number of anilines is 3. The van der Waals surface area contributed by atoms with Gasteiger partial charge in [-0.1, -0.05) is 109 Å². The summed E-state index contributed by atoms with van der Waals surface area (Å²) in [6, 6.07) is 59.2. The molecule has 0 radical (unpaired) electrons. The number of benzene rings is 8. The van der Waals surface area contributed by atoms with E-state index in [2.05, 4.69) is 169 Å². The normalized spacial score (nSPS) is 12.0. The van der Waals surface area contributed by atoms with Crippen molar-refractivity contribution >= 4 is 113 Å². The summed E-state index contributed by atoms with van der Waals surface area (Å²) in [7, 11) is 0. The predicted molar refractivity (Wildman–Crippen MR) is 217 cm³/mol. The Morgan fingerprint density at radius 3 is 1.96 bits per heavy atom. The highest BCUT2D eigenvalue weighted by atomic mass is 32.1. The van der Waals surface area contributed by atoms with Gasteiger partial charge in [-0.15, -0.1) is 22.7 Å². The Labute approximate surface area is 295 Å². The van der Waals surface area contributed by atoms with Gasteiger partial charge in [-0.05, 0) is 71.1 Å². The number of thiophene rings is 2. The number of nitrogens with zero attached hydrogens (tertiary/aromatic N) is 1. The molecule has 0 saturated carbocycles. The van der Waals surface area contributed by atoms with Crippen LogP contribution in [0.25, 0.3) is 84.2 Å². The number of furan rings is 1. The molecular formula is C46H27NOS2. The van der Waals surface area contributed by atoms with Gasteiger partial charge in [0.25, 0.3) is 0 Å². The second-order valence-electron chi connectivity index (χ2n) is 12.8. The second-order valence-corrected chi connectivity index (χ2v) is 15.0. The van der Waals surface area contributed by atoms with E-state index >= 15 is 0 Å². The van der Waals surface area contributed by atoms with Crippen molar-refractivity contribution < 1.29 is 4.42 Å². The summed E-state index contributed by atoms with van der Waals surface area (Å²) in [6.45, 7) is 0. The van der Waals surface area contributed by atoms with E-state index in [0.29, 0.717) is 0 Å². The van der Waals surface area contributed by atoms with Crippen molar-refractivity contribution in [2.75, 3.05) is 4.90 Å². The predicted octanol–water partition coefficient (Wildman–Crippen LogP) is 14.6. The third-order valence-corrected chi connectivity index (χ3v) is 12.4. The van der Waals surface area contributed by atoms with E-state index < -0.39 is 0 Å². The zero-order valence-electron chi connectivity index (χ0n) is 26.8. The lowest BCUT2D eigenvalue weighted by molar-refractivity contribution is 0.672. The SMILES string of the molecule is c1ccc(-c2ccc(N(c3cccc4oc5c6ccccc6ccc5c34)c3cccc4sc5ccc6c7ccccc7sc6c5c34)cc2)cc1. The van der Waals surface area contributed by atoms with Crippen LogP contribution in [0.1, 0.15) is 0 Å². The summed E-state index contributed by atoms with van der Waals surface area (Å²) in [5.41, 5.74) is 7.57. The fourth-order valence-electron chi connectivity index (χ4n) is 7.82. The topological polar surface area (TPSA) is 16.4 Å². The monoisotopic (exact) mass is 673 g/mol. The first kappa shape index (κ1) is 28.0. The number of fused-ring (bicyclic) bond motifs is 12. The average Bonchev–Trinajstić information content (AvgIpc) is 3.87. The molecule has 0 unspecified atom stereocenters. The third-order valence-electron chi connectivity index (χ3n) is 10.1. The van der Waals surface area contributed by atoms with Crippen LogP contribution in [0.3, 0.4) is 0 Å². The van der Waals surface area contributed by atoms with Crippen LogP contribution < -0.4 is 4.90 Å². The Hall–Kier alpha value is -5.94. The molecule has 0 fully saturated rings. The maximum Gasteiger partial charge on any atom is 0.143 e. The molecule has 11 aromatic rings. The van der Waals surface area contributed by atoms with Crippen molar-refractivity contribution in [1.82, 2.24) is 0 Å². The molecule has 8 aromatic carbocycles. The van der Waals surface area contributed by atoms with Gasteiger partial charge < -0.3 is 9.32 Å². The fourth-order valence-corrected chi connectivity index (χ4v) is 10.3. The van der Waals surface area contributed by atoms with Gasteiger partial charge in [-0.2, -0.15) is 0 Å². The third kappa shape index (κ3) is 4.07. The minimum absolute atomic E-state index is 0.883. The van der Waals surface area contributed by atoms with E-state index in [4.69, 9.17) is 4.42 Å². The largest absolute Gasteiger partial charge is 0.455 e. The quantitative estimate of drug-likeness (QED) is 0.185. The molecule has 2 nitrogen and oxygen atoms in total. The summed E-state index contributed by atoms with van der Waals surface area (Å²) in [4.78, 5) is 2.46. The molecule has 4 heteroatoms. The summed E-state index contributed by atoms with van der Waals surface area (Å²) < 4.78 is 12.0. The van der Waals surface area contributed by atoms with E-state index in [1.807, 2.05) is 22.7 Å². The van der Waals surface area contributed by atoms with Crippen LogP contribution in [0.15, 0.2) is 168 Å². The maximum absolute atomic E-state index is 6.72. The fraction of sp³-hybridized carbons (Fsp3) is 0. The molecule has 3 aromatic heterocycles. The first-order valence-electron chi connectivity index (χ1n) is 16.8. The Kier molecular flexibility index (Phi) is 6.03. The summed E-state index contributed by atoms with van der Waals surface area (Å²) in [5, 5.41) is 9.80. The van der Waals surface area contributed by atoms with Crippen molar-refractivity contribution in [2.24, 2.45) is 0 Å². The van der Waals surface area contributed by atoms with Crippen LogP contribution in [0.2, 0.25) is 0 Å². The Morgan fingerprint density at radius 2 is 1.08 bits per heavy atom. The van der Waals surface area contributed by atoms with E-state index in [0.717, 1.165) is 44.4 Å². The molecule has 3 heterocycles. The van der Waals surface area contributed by atoms with E-state index in [1.54, 1.807) is 0 Å². The van der Waals surface area contributed by atoms with Gasteiger partial charge in [0.15, 0.2) is 0 Å². The lowest BCUT2D eigenvalue weighted by atomic mass is 10.0. The van der Waals surface area contributed by atoms with Gasteiger partial charge in [0.1, 0.15) is 11.2 Å². The van der Waals surface area contributed by atoms with E-state index in [1.165, 1.54) is 56.9 Å².